The van der Waals surface area contributed by atoms with E-state index in [0.29, 0.717) is 0 Å². The van der Waals surface area contributed by atoms with Gasteiger partial charge in [0.15, 0.2) is 5.78 Å². The van der Waals surface area contributed by atoms with Gasteiger partial charge >= 0.3 is 12.1 Å². The van der Waals surface area contributed by atoms with Gasteiger partial charge < -0.3 is 4.74 Å². The van der Waals surface area contributed by atoms with Crippen molar-refractivity contribution in [3.8, 4) is 0 Å². The lowest BCUT2D eigenvalue weighted by atomic mass is 9.86. The van der Waals surface area contributed by atoms with E-state index in [9.17, 15) is 22.8 Å². The molecule has 0 saturated heterocycles. The monoisotopic (exact) mass is 366 g/mol. The first-order chi connectivity index (χ1) is 9.59. The molecule has 21 heavy (non-hydrogen) atoms. The van der Waals surface area contributed by atoms with Crippen LogP contribution in [-0.4, -0.2) is 18.9 Å². The van der Waals surface area contributed by atoms with E-state index in [0.717, 1.165) is 19.2 Å². The lowest BCUT2D eigenvalue weighted by Gasteiger charge is -2.19. The normalized spacial score (nSPS) is 13.1. The van der Waals surface area contributed by atoms with Gasteiger partial charge in [-0.05, 0) is 24.1 Å². The van der Waals surface area contributed by atoms with Gasteiger partial charge in [-0.25, -0.2) is 0 Å². The second-order valence-electron chi connectivity index (χ2n) is 4.80. The van der Waals surface area contributed by atoms with Gasteiger partial charge in [0.2, 0.25) is 0 Å². The molecule has 0 N–H and O–H groups in total. The summed E-state index contributed by atoms with van der Waals surface area (Å²) in [6.07, 6.45) is -4.69. The molecule has 0 fully saturated rings. The summed E-state index contributed by atoms with van der Waals surface area (Å²) >= 11 is 2.94. The number of hydrogen-bond donors (Lipinski definition) is 0. The lowest BCUT2D eigenvalue weighted by molar-refractivity contribution is -0.145. The van der Waals surface area contributed by atoms with Gasteiger partial charge in [0.1, 0.15) is 5.92 Å². The summed E-state index contributed by atoms with van der Waals surface area (Å²) in [4.78, 5) is 24.0. The van der Waals surface area contributed by atoms with E-state index in [4.69, 9.17) is 0 Å². The van der Waals surface area contributed by atoms with Crippen molar-refractivity contribution in [2.24, 2.45) is 11.8 Å². The van der Waals surface area contributed by atoms with Gasteiger partial charge in [-0.3, -0.25) is 9.59 Å². The van der Waals surface area contributed by atoms with Crippen molar-refractivity contribution in [2.45, 2.75) is 20.0 Å². The zero-order valence-electron chi connectivity index (χ0n) is 11.6. The molecule has 0 aromatic heterocycles. The van der Waals surface area contributed by atoms with Crippen molar-refractivity contribution >= 4 is 27.7 Å². The highest BCUT2D eigenvalue weighted by Crippen LogP contribution is 2.35. The number of hydrogen-bond acceptors (Lipinski definition) is 3. The van der Waals surface area contributed by atoms with Gasteiger partial charge in [0.25, 0.3) is 0 Å². The second kappa shape index (κ2) is 6.60. The largest absolute Gasteiger partial charge is 0.468 e. The van der Waals surface area contributed by atoms with Crippen LogP contribution in [0.2, 0.25) is 0 Å². The molecule has 7 heteroatoms. The summed E-state index contributed by atoms with van der Waals surface area (Å²) in [5.74, 6) is -3.48. The van der Waals surface area contributed by atoms with Crippen molar-refractivity contribution in [1.29, 1.82) is 0 Å². The molecule has 0 heterocycles. The zero-order valence-corrected chi connectivity index (χ0v) is 13.2. The molecule has 116 valence electrons. The second-order valence-corrected chi connectivity index (χ2v) is 5.71. The molecule has 0 radical (unpaired) electrons. The van der Waals surface area contributed by atoms with Gasteiger partial charge in [-0.1, -0.05) is 29.8 Å². The molecule has 0 aliphatic carbocycles. The number of methoxy groups -OCH3 is 1. The van der Waals surface area contributed by atoms with Crippen LogP contribution in [0.1, 0.15) is 29.8 Å². The van der Waals surface area contributed by atoms with Gasteiger partial charge in [-0.2, -0.15) is 13.2 Å². The van der Waals surface area contributed by atoms with Crippen LogP contribution in [-0.2, 0) is 15.7 Å². The van der Waals surface area contributed by atoms with Crippen molar-refractivity contribution in [1.82, 2.24) is 0 Å². The fourth-order valence-corrected chi connectivity index (χ4v) is 2.30. The highest BCUT2D eigenvalue weighted by atomic mass is 79.9. The Bertz CT molecular complexity index is 553. The molecule has 1 atom stereocenters. The number of esters is 1. The van der Waals surface area contributed by atoms with Crippen LogP contribution >= 0.6 is 15.9 Å². The molecule has 0 aliphatic rings. The van der Waals surface area contributed by atoms with Crippen LogP contribution < -0.4 is 0 Å². The Labute approximate surface area is 128 Å². The van der Waals surface area contributed by atoms with Gasteiger partial charge in [0, 0.05) is 10.0 Å². The molecular formula is C14H14BrF3O3. The number of ketones is 1. The molecule has 0 aliphatic heterocycles. The Kier molecular flexibility index (Phi) is 5.55. The minimum absolute atomic E-state index is 0.200. The molecule has 0 spiro atoms. The Balaban J connectivity index is 3.38. The van der Waals surface area contributed by atoms with Crippen molar-refractivity contribution in [2.75, 3.05) is 7.11 Å². The van der Waals surface area contributed by atoms with Crippen molar-refractivity contribution < 1.29 is 27.5 Å². The van der Waals surface area contributed by atoms with E-state index >= 15 is 0 Å². The molecular weight excluding hydrogens is 353 g/mol. The summed E-state index contributed by atoms with van der Waals surface area (Å²) < 4.78 is 43.9. The summed E-state index contributed by atoms with van der Waals surface area (Å²) in [5.41, 5.74) is -1.61. The molecule has 0 amide bonds. The van der Waals surface area contributed by atoms with E-state index in [2.05, 4.69) is 20.7 Å². The fourth-order valence-electron chi connectivity index (χ4n) is 1.94. The Hall–Kier alpha value is -1.37. The average Bonchev–Trinajstić information content (AvgIpc) is 2.36. The summed E-state index contributed by atoms with van der Waals surface area (Å²) in [5, 5.41) is 0. The van der Waals surface area contributed by atoms with Crippen LogP contribution in [0.4, 0.5) is 13.2 Å². The predicted molar refractivity (Wildman–Crippen MR) is 73.8 cm³/mol. The third-order valence-corrected chi connectivity index (χ3v) is 3.45. The topological polar surface area (TPSA) is 43.4 Å². The average molecular weight is 367 g/mol. The number of Topliss-reactive ketones (excluding diaryl/α,β-unsaturated/α-hetero) is 1. The SMILES string of the molecule is COC(=O)C(C(=O)c1ccc(Br)cc1C(F)(F)F)C(C)C. The van der Waals surface area contributed by atoms with Crippen LogP contribution in [0.5, 0.6) is 0 Å². The fraction of sp³-hybridized carbons (Fsp3) is 0.429. The number of carbonyl (C=O) groups is 2. The van der Waals surface area contributed by atoms with Crippen LogP contribution in [0.15, 0.2) is 22.7 Å². The van der Waals surface area contributed by atoms with E-state index in [1.54, 1.807) is 13.8 Å². The third-order valence-electron chi connectivity index (χ3n) is 2.96. The Morgan fingerprint density at radius 1 is 1.24 bits per heavy atom. The number of carbonyl (C=O) groups excluding carboxylic acids is 2. The highest BCUT2D eigenvalue weighted by Gasteiger charge is 2.39. The number of rotatable bonds is 4. The Morgan fingerprint density at radius 3 is 2.24 bits per heavy atom. The smallest absolute Gasteiger partial charge is 0.417 e. The van der Waals surface area contributed by atoms with E-state index in [1.165, 1.54) is 6.07 Å². The van der Waals surface area contributed by atoms with Gasteiger partial charge in [-0.15, -0.1) is 0 Å². The van der Waals surface area contributed by atoms with E-state index < -0.39 is 40.9 Å². The first kappa shape index (κ1) is 17.7. The molecule has 1 rings (SSSR count). The molecule has 1 unspecified atom stereocenters. The molecule has 1 aromatic carbocycles. The lowest BCUT2D eigenvalue weighted by Crippen LogP contribution is -2.31. The quantitative estimate of drug-likeness (QED) is 0.457. The maximum absolute atomic E-state index is 13.0. The number of benzene rings is 1. The molecule has 0 saturated carbocycles. The first-order valence-electron chi connectivity index (χ1n) is 6.08. The maximum atomic E-state index is 13.0. The molecule has 3 nitrogen and oxygen atoms in total. The number of halogens is 4. The standard InChI is InChI=1S/C14H14BrF3O3/c1-7(2)11(13(20)21-3)12(19)9-5-4-8(15)6-10(9)14(16,17)18/h4-7,11H,1-3H3. The van der Waals surface area contributed by atoms with Crippen LogP contribution in [0.25, 0.3) is 0 Å². The van der Waals surface area contributed by atoms with Gasteiger partial charge in [0.05, 0.1) is 12.7 Å². The minimum Gasteiger partial charge on any atom is -0.468 e. The van der Waals surface area contributed by atoms with E-state index in [1.807, 2.05) is 0 Å². The first-order valence-corrected chi connectivity index (χ1v) is 6.87. The summed E-state index contributed by atoms with van der Waals surface area (Å²) in [7, 11) is 1.09. The molecule has 0 bridgehead atoms. The maximum Gasteiger partial charge on any atom is 0.417 e. The molecule has 1 aromatic rings. The van der Waals surface area contributed by atoms with E-state index in [-0.39, 0.29) is 4.47 Å². The van der Waals surface area contributed by atoms with Crippen molar-refractivity contribution in [3.63, 3.8) is 0 Å². The minimum atomic E-state index is -4.69. The summed E-state index contributed by atoms with van der Waals surface area (Å²) in [6, 6.07) is 3.21. The zero-order chi connectivity index (χ0) is 16.4. The number of ether oxygens (including phenoxy) is 1. The Morgan fingerprint density at radius 2 is 1.81 bits per heavy atom. The van der Waals surface area contributed by atoms with Crippen LogP contribution in [0.3, 0.4) is 0 Å². The third kappa shape index (κ3) is 4.06. The predicted octanol–water partition coefficient (Wildman–Crippen LogP) is 4.10. The summed E-state index contributed by atoms with van der Waals surface area (Å²) in [6.45, 7) is 3.15. The number of alkyl halides is 3. The highest BCUT2D eigenvalue weighted by molar-refractivity contribution is 9.10. The van der Waals surface area contributed by atoms with Crippen molar-refractivity contribution in [3.05, 3.63) is 33.8 Å². The van der Waals surface area contributed by atoms with Crippen LogP contribution in [0, 0.1) is 11.8 Å².